The summed E-state index contributed by atoms with van der Waals surface area (Å²) in [4.78, 5) is 187. The molecule has 3 aliphatic heterocycles. The number of phenolic OH excluding ortho intramolecular Hbond substituents is 1. The quantitative estimate of drug-likeness (QED) is 0.0455. The van der Waals surface area contributed by atoms with Crippen LogP contribution in [0.3, 0.4) is 0 Å². The lowest BCUT2D eigenvalue weighted by Gasteiger charge is -2.34. The summed E-state index contributed by atoms with van der Waals surface area (Å²) in [5.74, 6) is -13.8. The maximum Gasteiger partial charge on any atom is 0.255 e. The fraction of sp³-hybridized carbons (Fsp3) is 0.521. The summed E-state index contributed by atoms with van der Waals surface area (Å²) in [5.41, 5.74) is 8.88. The minimum absolute atomic E-state index is 0.0135. The summed E-state index contributed by atoms with van der Waals surface area (Å²) in [6, 6.07) is 5.38. The van der Waals surface area contributed by atoms with Crippen molar-refractivity contribution in [2.24, 2.45) is 23.5 Å². The molecule has 29 nitrogen and oxygen atoms in total. The Morgan fingerprint density at radius 3 is 1.70 bits per heavy atom. The molecular formula is C71H95N13O16. The maximum absolute atomic E-state index is 15.3. The van der Waals surface area contributed by atoms with Gasteiger partial charge in [0.15, 0.2) is 11.8 Å². The predicted octanol–water partition coefficient (Wildman–Crippen LogP) is -0.0585. The summed E-state index contributed by atoms with van der Waals surface area (Å²) in [6.45, 7) is 4.61. The topological polar surface area (TPSA) is 437 Å². The highest BCUT2D eigenvalue weighted by Gasteiger charge is 2.45. The van der Waals surface area contributed by atoms with Crippen molar-refractivity contribution in [3.63, 3.8) is 0 Å². The average Bonchev–Trinajstić information content (AvgIpc) is 1.54. The van der Waals surface area contributed by atoms with E-state index >= 15 is 28.8 Å². The number of aliphatic hydroxyl groups excluding tert-OH is 3. The van der Waals surface area contributed by atoms with Crippen LogP contribution in [0.2, 0.25) is 0 Å². The molecule has 0 unspecified atom stereocenters. The van der Waals surface area contributed by atoms with Gasteiger partial charge in [-0.1, -0.05) is 68.8 Å². The summed E-state index contributed by atoms with van der Waals surface area (Å²) < 4.78 is 0. The third-order valence-electron chi connectivity index (χ3n) is 19.5. The van der Waals surface area contributed by atoms with Gasteiger partial charge < -0.3 is 88.0 Å². The smallest absolute Gasteiger partial charge is 0.255 e. The number of hydrogen-bond donors (Lipinski definition) is 14. The van der Waals surface area contributed by atoms with E-state index < -0.39 is 175 Å². The van der Waals surface area contributed by atoms with Gasteiger partial charge in [-0.05, 0) is 119 Å². The number of likely N-dealkylation sites (tertiary alicyclic amines) is 1. The Kier molecular flexibility index (Phi) is 27.0. The van der Waals surface area contributed by atoms with Crippen molar-refractivity contribution < 1.29 is 78.0 Å². The number of likely N-dealkylation sites (N-methyl/N-ethyl adjacent to an activating group) is 1. The van der Waals surface area contributed by atoms with Gasteiger partial charge in [0, 0.05) is 98.4 Å². The number of para-hydroxylation sites is 2. The standard InChI is InChI=1S/C71H95N13O16/c1-6-39(2)49-34-59(90)52(20-11-12-26-72)75-63(92)53(30-42-22-24-46(88)25-23-42)76-64(93)54(32-45-36-74-51-19-10-8-17-48(45)51)77-65(94)55(37-85)78-66(95)56(38-86)79-68(97)60(41(4)87)80-67(96)57-21-15-29-84(57)69(98)40(3)82(5)70(99)61(71(100)83-27-13-14-28-83)81-62(91)43(33-58(49)89)31-44-35-73-50-18-9-7-16-47(44)50/h7-10,16-19,22-25,35-36,39-41,43,49,52-57,60-61,73-74,85-88H,6,11-15,20-21,26-34,37-38,72H2,1-5H3,(H,75,92)(H,76,93)(H,77,94)(H,78,95)(H,79,97)(H,80,96)(H,81,91)/t39-,40+,41+,43-,49-,52-,53-,54-,55+,56-,57-,60-,61-/m0/s1. The van der Waals surface area contributed by atoms with Gasteiger partial charge in [0.2, 0.25) is 47.3 Å². The molecule has 15 N–H and O–H groups in total. The number of phenols is 1. The summed E-state index contributed by atoms with van der Waals surface area (Å²) >= 11 is 0. The van der Waals surface area contributed by atoms with E-state index in [9.17, 15) is 49.2 Å². The van der Waals surface area contributed by atoms with Gasteiger partial charge >= 0.3 is 0 Å². The minimum Gasteiger partial charge on any atom is -0.508 e. The summed E-state index contributed by atoms with van der Waals surface area (Å²) in [6.07, 6.45) is 2.71. The number of unbranched alkanes of at least 4 members (excludes halogenated alkanes) is 1. The fourth-order valence-electron chi connectivity index (χ4n) is 13.2. The maximum atomic E-state index is 15.3. The number of carbonyl (C=O) groups is 12. The fourth-order valence-corrected chi connectivity index (χ4v) is 13.2. The van der Waals surface area contributed by atoms with Gasteiger partial charge in [0.25, 0.3) is 11.8 Å². The number of nitrogens with zero attached hydrogens (tertiary/aromatic N) is 3. The second kappa shape index (κ2) is 35.5. The van der Waals surface area contributed by atoms with E-state index in [0.717, 1.165) is 22.7 Å². The van der Waals surface area contributed by atoms with Crippen LogP contribution in [0, 0.1) is 17.8 Å². The average molecular weight is 1390 g/mol. The van der Waals surface area contributed by atoms with Crippen LogP contribution in [0.5, 0.6) is 5.75 Å². The molecule has 0 bridgehead atoms. The van der Waals surface area contributed by atoms with Crippen LogP contribution in [0.25, 0.3) is 21.8 Å². The van der Waals surface area contributed by atoms with Crippen LogP contribution in [0.15, 0.2) is 85.2 Å². The number of aliphatic hydroxyl groups is 3. The number of ketones is 2. The number of H-pyrrole nitrogens is 2. The van der Waals surface area contributed by atoms with E-state index in [1.165, 1.54) is 48.0 Å². The highest BCUT2D eigenvalue weighted by atomic mass is 16.3. The molecule has 100 heavy (non-hydrogen) atoms. The first-order valence-electron chi connectivity index (χ1n) is 34.4. The molecule has 5 heterocycles. The van der Waals surface area contributed by atoms with Crippen molar-refractivity contribution in [3.05, 3.63) is 102 Å². The number of nitrogens with one attached hydrogen (secondary N) is 9. The van der Waals surface area contributed by atoms with Crippen LogP contribution in [-0.2, 0) is 76.8 Å². The highest BCUT2D eigenvalue weighted by Crippen LogP contribution is 2.30. The zero-order valence-corrected chi connectivity index (χ0v) is 57.1. The summed E-state index contributed by atoms with van der Waals surface area (Å²) in [5, 5.41) is 61.6. The summed E-state index contributed by atoms with van der Waals surface area (Å²) in [7, 11) is 1.26. The lowest BCUT2D eigenvalue weighted by molar-refractivity contribution is -0.152. The molecule has 0 spiro atoms. The number of fused-ring (bicyclic) bond motifs is 3. The number of rotatable bonds is 16. The van der Waals surface area contributed by atoms with Crippen LogP contribution in [-0.4, -0.2) is 223 Å². The van der Waals surface area contributed by atoms with E-state index in [4.69, 9.17) is 5.73 Å². The van der Waals surface area contributed by atoms with E-state index in [0.29, 0.717) is 59.7 Å². The molecule has 3 saturated heterocycles. The second-order valence-corrected chi connectivity index (χ2v) is 26.5. The van der Waals surface area contributed by atoms with E-state index in [1.54, 1.807) is 49.6 Å². The third-order valence-corrected chi connectivity index (χ3v) is 19.5. The molecule has 13 atom stereocenters. The number of carbonyl (C=O) groups excluding carboxylic acids is 12. The van der Waals surface area contributed by atoms with E-state index in [1.807, 2.05) is 25.1 Å². The second-order valence-electron chi connectivity index (χ2n) is 26.5. The lowest BCUT2D eigenvalue weighted by Crippen LogP contribution is -2.63. The Morgan fingerprint density at radius 2 is 1.13 bits per heavy atom. The molecular weight excluding hydrogens is 1290 g/mol. The Balaban J connectivity index is 1.20. The number of aromatic nitrogens is 2. The van der Waals surface area contributed by atoms with Gasteiger partial charge in [-0.15, -0.1) is 0 Å². The molecule has 2 aromatic heterocycles. The highest BCUT2D eigenvalue weighted by molar-refractivity contribution is 6.09. The van der Waals surface area contributed by atoms with Gasteiger partial charge in [0.1, 0.15) is 53.8 Å². The van der Waals surface area contributed by atoms with Gasteiger partial charge in [0.05, 0.1) is 25.4 Å². The van der Waals surface area contributed by atoms with Crippen molar-refractivity contribution in [3.8, 4) is 5.75 Å². The van der Waals surface area contributed by atoms with Crippen molar-refractivity contribution in [2.45, 2.75) is 172 Å². The Labute approximate surface area is 579 Å². The van der Waals surface area contributed by atoms with Gasteiger partial charge in [-0.3, -0.25) is 57.5 Å². The number of amides is 10. The Morgan fingerprint density at radius 1 is 0.590 bits per heavy atom. The molecule has 540 valence electrons. The van der Waals surface area contributed by atoms with Crippen LogP contribution < -0.4 is 43.0 Å². The van der Waals surface area contributed by atoms with Crippen molar-refractivity contribution in [2.75, 3.05) is 46.4 Å². The predicted molar refractivity (Wildman–Crippen MR) is 367 cm³/mol. The number of benzene rings is 3. The van der Waals surface area contributed by atoms with Crippen LogP contribution in [0.4, 0.5) is 0 Å². The third kappa shape index (κ3) is 19.0. The SMILES string of the molecule is CC[C@H](C)[C@@H]1CC(=O)[C@H](CCCCN)NC(=O)[C@H](Cc2ccc(O)cc2)NC(=O)[C@H](Cc2c[nH]c3ccccc23)NC(=O)[C@@H](CO)NC(=O)[C@H](CO)NC(=O)[C@H]([C@@H](C)O)NC(=O)[C@@H]2CCCN2C(=O)[C@@H](C)N(C)C(=O)[C@@H](C(=O)N2CCCC2)NC(=O)[C@@H](Cc2c[nH]c3ccccc23)CC1=O. The first kappa shape index (κ1) is 76.2. The number of aromatic hydroxyl groups is 1. The van der Waals surface area contributed by atoms with Crippen LogP contribution >= 0.6 is 0 Å². The molecule has 3 aromatic carbocycles. The van der Waals surface area contributed by atoms with E-state index in [2.05, 4.69) is 47.2 Å². The number of aromatic amines is 2. The van der Waals surface area contributed by atoms with Crippen molar-refractivity contribution >= 4 is 92.4 Å². The molecule has 8 rings (SSSR count). The Hall–Kier alpha value is -9.58. The van der Waals surface area contributed by atoms with Gasteiger partial charge in [-0.25, -0.2) is 0 Å². The largest absolute Gasteiger partial charge is 0.508 e. The molecule has 0 saturated carbocycles. The molecule has 29 heteroatoms. The van der Waals surface area contributed by atoms with Crippen molar-refractivity contribution in [1.29, 1.82) is 0 Å². The molecule has 3 aliphatic rings. The number of Topliss-reactive ketones (excluding diaryl/α,β-unsaturated/α-hetero) is 2. The lowest BCUT2D eigenvalue weighted by atomic mass is 9.79. The monoisotopic (exact) mass is 1390 g/mol. The van der Waals surface area contributed by atoms with Crippen molar-refractivity contribution in [1.82, 2.24) is 61.9 Å². The minimum atomic E-state index is -1.93. The van der Waals surface area contributed by atoms with E-state index in [-0.39, 0.29) is 70.5 Å². The molecule has 10 amide bonds. The van der Waals surface area contributed by atoms with Crippen LogP contribution in [0.1, 0.15) is 109 Å². The molecule has 0 aliphatic carbocycles. The zero-order chi connectivity index (χ0) is 72.5. The molecule has 3 fully saturated rings. The number of nitrogens with two attached hydrogens (primary N) is 1. The normalized spacial score (nSPS) is 25.9. The molecule has 0 radical (unpaired) electrons. The number of hydrogen-bond acceptors (Lipinski definition) is 17. The Bertz CT molecular complexity index is 3760. The first-order chi connectivity index (χ1) is 47.9. The zero-order valence-electron chi connectivity index (χ0n) is 57.1. The first-order valence-corrected chi connectivity index (χ1v) is 34.4. The molecule has 5 aromatic rings. The van der Waals surface area contributed by atoms with Gasteiger partial charge in [-0.2, -0.15) is 0 Å².